The second-order valence-corrected chi connectivity index (χ2v) is 5.69. The summed E-state index contributed by atoms with van der Waals surface area (Å²) in [5, 5.41) is 22.1. The first-order valence-electron chi connectivity index (χ1n) is 6.38. The number of carboxylic acids is 1. The van der Waals surface area contributed by atoms with Crippen molar-refractivity contribution in [3.63, 3.8) is 0 Å². The Morgan fingerprint density at radius 1 is 1.29 bits per heavy atom. The summed E-state index contributed by atoms with van der Waals surface area (Å²) < 4.78 is 0. The smallest absolute Gasteiger partial charge is 0.310 e. The molecule has 0 saturated heterocycles. The Balaban J connectivity index is 2.25. The zero-order chi connectivity index (χ0) is 15.6. The normalized spacial score (nSPS) is 22.0. The number of carbonyl (C=O) groups excluding carboxylic acids is 1. The fourth-order valence-corrected chi connectivity index (χ4v) is 2.60. The van der Waals surface area contributed by atoms with Gasteiger partial charge in [0.1, 0.15) is 10.7 Å². The average Bonchev–Trinajstić information content (AvgIpc) is 2.38. The summed E-state index contributed by atoms with van der Waals surface area (Å²) >= 11 is 5.15. The summed E-state index contributed by atoms with van der Waals surface area (Å²) in [4.78, 5) is 23.5. The van der Waals surface area contributed by atoms with Crippen LogP contribution in [0.1, 0.15) is 19.8 Å². The average molecular weight is 305 g/mol. The van der Waals surface area contributed by atoms with Gasteiger partial charge in [0.25, 0.3) is 0 Å². The number of hydrogen-bond acceptors (Lipinski definition) is 4. The summed E-state index contributed by atoms with van der Waals surface area (Å²) in [6, 6.07) is 9.01. The third-order valence-electron chi connectivity index (χ3n) is 3.45. The molecule has 110 valence electrons. The van der Waals surface area contributed by atoms with Gasteiger partial charge in [-0.05, 0) is 19.1 Å². The first-order valence-corrected chi connectivity index (χ1v) is 6.79. The maximum absolute atomic E-state index is 12.1. The number of Topliss-reactive ketones (excluding diaryl/α,β-unsaturated/α-hetero) is 1. The molecule has 0 aliphatic heterocycles. The highest BCUT2D eigenvalue weighted by Crippen LogP contribution is 2.37. The van der Waals surface area contributed by atoms with Gasteiger partial charge in [-0.25, -0.2) is 0 Å². The van der Waals surface area contributed by atoms with Gasteiger partial charge in [-0.3, -0.25) is 9.59 Å². The lowest BCUT2D eigenvalue weighted by Gasteiger charge is -2.29. The lowest BCUT2D eigenvalue weighted by Crippen LogP contribution is -2.37. The van der Waals surface area contributed by atoms with Crippen molar-refractivity contribution >= 4 is 34.6 Å². The molecule has 0 spiro atoms. The number of carboxylic acid groups (broad SMARTS) is 1. The monoisotopic (exact) mass is 305 g/mol. The number of aliphatic hydroxyl groups excluding tert-OH is 1. The molecule has 0 saturated carbocycles. The Kier molecular flexibility index (Phi) is 4.09. The van der Waals surface area contributed by atoms with Crippen LogP contribution >= 0.6 is 12.2 Å². The van der Waals surface area contributed by atoms with Gasteiger partial charge in [-0.1, -0.05) is 30.4 Å². The van der Waals surface area contributed by atoms with Crippen molar-refractivity contribution in [2.75, 3.05) is 5.32 Å². The largest absolute Gasteiger partial charge is 0.511 e. The van der Waals surface area contributed by atoms with E-state index in [0.29, 0.717) is 5.69 Å². The van der Waals surface area contributed by atoms with Crippen molar-refractivity contribution in [2.45, 2.75) is 19.8 Å². The number of allylic oxidation sites excluding steroid dienone is 1. The van der Waals surface area contributed by atoms with Crippen LogP contribution < -0.4 is 5.32 Å². The predicted octanol–water partition coefficient (Wildman–Crippen LogP) is 2.69. The number of anilines is 1. The number of benzene rings is 1. The number of para-hydroxylation sites is 1. The Hall–Kier alpha value is -2.21. The van der Waals surface area contributed by atoms with Crippen molar-refractivity contribution in [1.29, 1.82) is 0 Å². The van der Waals surface area contributed by atoms with Crippen molar-refractivity contribution in [3.8, 4) is 0 Å². The molecule has 0 amide bonds. The molecule has 0 radical (unpaired) electrons. The highest BCUT2D eigenvalue weighted by atomic mass is 32.1. The van der Waals surface area contributed by atoms with E-state index < -0.39 is 17.2 Å². The molecule has 1 aromatic rings. The molecule has 0 bridgehead atoms. The third kappa shape index (κ3) is 3.11. The molecule has 1 aromatic carbocycles. The maximum atomic E-state index is 12.1. The molecule has 6 heteroatoms. The van der Waals surface area contributed by atoms with E-state index in [0.717, 1.165) is 0 Å². The Labute approximate surface area is 127 Å². The van der Waals surface area contributed by atoms with E-state index in [-0.39, 0.29) is 29.2 Å². The molecular formula is C15H15NO4S. The minimum atomic E-state index is -1.28. The summed E-state index contributed by atoms with van der Waals surface area (Å²) in [5.41, 5.74) is -0.581. The van der Waals surface area contributed by atoms with Crippen LogP contribution in [0.4, 0.5) is 5.69 Å². The van der Waals surface area contributed by atoms with E-state index in [4.69, 9.17) is 17.3 Å². The molecule has 1 aliphatic rings. The molecule has 0 fully saturated rings. The van der Waals surface area contributed by atoms with Gasteiger partial charge in [0.15, 0.2) is 5.78 Å². The van der Waals surface area contributed by atoms with Crippen molar-refractivity contribution in [2.24, 2.45) is 5.41 Å². The number of nitrogens with one attached hydrogen (secondary N) is 1. The van der Waals surface area contributed by atoms with Gasteiger partial charge < -0.3 is 15.5 Å². The molecule has 0 heterocycles. The SMILES string of the molecule is CC1(C(=O)O)CC(=O)C(C(=S)Nc2ccccc2)=C(O)C1. The molecule has 21 heavy (non-hydrogen) atoms. The predicted molar refractivity (Wildman–Crippen MR) is 82.3 cm³/mol. The number of carbonyl (C=O) groups is 2. The van der Waals surface area contributed by atoms with Gasteiger partial charge in [0.05, 0.1) is 11.0 Å². The van der Waals surface area contributed by atoms with E-state index >= 15 is 0 Å². The van der Waals surface area contributed by atoms with Crippen molar-refractivity contribution < 1.29 is 19.8 Å². The topological polar surface area (TPSA) is 86.6 Å². The molecule has 1 unspecified atom stereocenters. The zero-order valence-corrected chi connectivity index (χ0v) is 12.2. The Morgan fingerprint density at radius 2 is 1.90 bits per heavy atom. The Bertz CT molecular complexity index is 638. The molecule has 1 aliphatic carbocycles. The lowest BCUT2D eigenvalue weighted by atomic mass is 9.75. The summed E-state index contributed by atoms with van der Waals surface area (Å²) in [5.74, 6) is -1.84. The number of ketones is 1. The van der Waals surface area contributed by atoms with Crippen LogP contribution in [0.25, 0.3) is 0 Å². The highest BCUT2D eigenvalue weighted by Gasteiger charge is 2.43. The van der Waals surface area contributed by atoms with Gasteiger partial charge in [0, 0.05) is 18.5 Å². The highest BCUT2D eigenvalue weighted by molar-refractivity contribution is 7.81. The van der Waals surface area contributed by atoms with Crippen LogP contribution in [0, 0.1) is 5.41 Å². The van der Waals surface area contributed by atoms with Crippen LogP contribution in [0.2, 0.25) is 0 Å². The molecular weight excluding hydrogens is 290 g/mol. The fraction of sp³-hybridized carbons (Fsp3) is 0.267. The van der Waals surface area contributed by atoms with E-state index in [2.05, 4.69) is 5.32 Å². The van der Waals surface area contributed by atoms with Crippen molar-refractivity contribution in [3.05, 3.63) is 41.7 Å². The van der Waals surface area contributed by atoms with Crippen LogP contribution in [0.3, 0.4) is 0 Å². The molecule has 2 rings (SSSR count). The number of rotatable bonds is 3. The van der Waals surface area contributed by atoms with Crippen molar-refractivity contribution in [1.82, 2.24) is 0 Å². The maximum Gasteiger partial charge on any atom is 0.310 e. The van der Waals surface area contributed by atoms with Crippen LogP contribution in [-0.4, -0.2) is 27.0 Å². The number of hydrogen-bond donors (Lipinski definition) is 3. The van der Waals surface area contributed by atoms with E-state index in [1.165, 1.54) is 6.92 Å². The number of aliphatic hydroxyl groups is 1. The first-order chi connectivity index (χ1) is 9.83. The van der Waals surface area contributed by atoms with E-state index in [1.807, 2.05) is 18.2 Å². The number of thiocarbonyl (C=S) groups is 1. The molecule has 3 N–H and O–H groups in total. The third-order valence-corrected chi connectivity index (χ3v) is 3.76. The summed E-state index contributed by atoms with van der Waals surface area (Å²) in [7, 11) is 0. The van der Waals surface area contributed by atoms with Gasteiger partial charge in [0.2, 0.25) is 0 Å². The van der Waals surface area contributed by atoms with Gasteiger partial charge in [-0.15, -0.1) is 0 Å². The number of aliphatic carboxylic acids is 1. The van der Waals surface area contributed by atoms with Crippen LogP contribution in [0.15, 0.2) is 41.7 Å². The standard InChI is InChI=1S/C15H15NO4S/c1-15(14(19)20)7-10(17)12(11(18)8-15)13(21)16-9-5-3-2-4-6-9/h2-6,17H,7-8H2,1H3,(H,16,21)(H,19,20). The summed E-state index contributed by atoms with van der Waals surface area (Å²) in [6.45, 7) is 1.44. The zero-order valence-electron chi connectivity index (χ0n) is 11.4. The quantitative estimate of drug-likeness (QED) is 0.744. The van der Waals surface area contributed by atoms with Crippen LogP contribution in [0.5, 0.6) is 0 Å². The van der Waals surface area contributed by atoms with E-state index in [9.17, 15) is 14.7 Å². The fourth-order valence-electron chi connectivity index (χ4n) is 2.25. The molecule has 5 nitrogen and oxygen atoms in total. The van der Waals surface area contributed by atoms with Gasteiger partial charge in [-0.2, -0.15) is 0 Å². The second kappa shape index (κ2) is 5.65. The molecule has 1 atom stereocenters. The summed E-state index contributed by atoms with van der Waals surface area (Å²) in [6.07, 6.45) is -0.293. The Morgan fingerprint density at radius 3 is 2.43 bits per heavy atom. The second-order valence-electron chi connectivity index (χ2n) is 5.28. The minimum absolute atomic E-state index is 0.00702. The first kappa shape index (κ1) is 15.2. The van der Waals surface area contributed by atoms with Crippen LogP contribution in [-0.2, 0) is 9.59 Å². The minimum Gasteiger partial charge on any atom is -0.511 e. The van der Waals surface area contributed by atoms with E-state index in [1.54, 1.807) is 12.1 Å². The molecule has 0 aromatic heterocycles. The van der Waals surface area contributed by atoms with Gasteiger partial charge >= 0.3 is 5.97 Å². The lowest BCUT2D eigenvalue weighted by molar-refractivity contribution is -0.151.